The van der Waals surface area contributed by atoms with Crippen LogP contribution in [0.1, 0.15) is 27.2 Å². The first kappa shape index (κ1) is 13.0. The summed E-state index contributed by atoms with van der Waals surface area (Å²) in [5, 5.41) is 8.76. The molecule has 0 bridgehead atoms. The van der Waals surface area contributed by atoms with Crippen molar-refractivity contribution in [3.63, 3.8) is 0 Å². The fourth-order valence-electron chi connectivity index (χ4n) is 2.15. The Labute approximate surface area is 97.8 Å². The Morgan fingerprint density at radius 2 is 2.19 bits per heavy atom. The van der Waals surface area contributed by atoms with Gasteiger partial charge in [-0.2, -0.15) is 5.26 Å². The topological polar surface area (TPSA) is 47.3 Å². The number of nitrogens with zero attached hydrogens (tertiary/aromatic N) is 3. The zero-order valence-corrected chi connectivity index (χ0v) is 10.6. The van der Waals surface area contributed by atoms with E-state index < -0.39 is 0 Å². The second kappa shape index (κ2) is 5.31. The maximum atomic E-state index is 12.1. The van der Waals surface area contributed by atoms with Crippen LogP contribution in [0.3, 0.4) is 0 Å². The summed E-state index contributed by atoms with van der Waals surface area (Å²) in [6.07, 6.45) is 0.286. The van der Waals surface area contributed by atoms with Crippen molar-refractivity contribution in [3.8, 4) is 6.07 Å². The summed E-state index contributed by atoms with van der Waals surface area (Å²) in [5.74, 6) is 0.582. The molecule has 1 heterocycles. The van der Waals surface area contributed by atoms with Gasteiger partial charge in [0.2, 0.25) is 5.91 Å². The average molecular weight is 223 g/mol. The summed E-state index contributed by atoms with van der Waals surface area (Å²) in [5.41, 5.74) is 0. The van der Waals surface area contributed by atoms with Crippen LogP contribution in [0, 0.1) is 17.2 Å². The molecule has 0 aromatic rings. The van der Waals surface area contributed by atoms with Crippen LogP contribution in [-0.2, 0) is 4.79 Å². The maximum Gasteiger partial charge on any atom is 0.241 e. The molecule has 0 aromatic heterocycles. The van der Waals surface area contributed by atoms with Crippen molar-refractivity contribution < 1.29 is 4.79 Å². The molecular weight excluding hydrogens is 202 g/mol. The molecule has 4 nitrogen and oxygen atoms in total. The van der Waals surface area contributed by atoms with Crippen LogP contribution in [0.4, 0.5) is 0 Å². The molecule has 16 heavy (non-hydrogen) atoms. The largest absolute Gasteiger partial charge is 0.339 e. The third-order valence-electron chi connectivity index (χ3n) is 3.14. The first-order chi connectivity index (χ1) is 7.47. The van der Waals surface area contributed by atoms with Crippen molar-refractivity contribution in [3.05, 3.63) is 0 Å². The van der Waals surface area contributed by atoms with Gasteiger partial charge in [0, 0.05) is 19.1 Å². The number of carbonyl (C=O) groups excluding carboxylic acids is 1. The fraction of sp³-hybridized carbons (Fsp3) is 0.833. The van der Waals surface area contributed by atoms with Crippen LogP contribution in [0.2, 0.25) is 0 Å². The normalized spacial score (nSPS) is 27.2. The molecule has 0 saturated carbocycles. The van der Waals surface area contributed by atoms with Gasteiger partial charge in [0.1, 0.15) is 6.04 Å². The zero-order chi connectivity index (χ0) is 12.3. The SMILES string of the molecule is CC(C)CN1CC(C)N(C)C(CC#N)C1=O. The number of hydrogen-bond acceptors (Lipinski definition) is 3. The fourth-order valence-corrected chi connectivity index (χ4v) is 2.15. The lowest BCUT2D eigenvalue weighted by Crippen LogP contribution is -2.59. The highest BCUT2D eigenvalue weighted by Gasteiger charge is 2.36. The van der Waals surface area contributed by atoms with Gasteiger partial charge in [0.25, 0.3) is 0 Å². The van der Waals surface area contributed by atoms with Crippen molar-refractivity contribution in [1.29, 1.82) is 5.26 Å². The van der Waals surface area contributed by atoms with Gasteiger partial charge in [-0.15, -0.1) is 0 Å². The van der Waals surface area contributed by atoms with E-state index in [0.29, 0.717) is 12.0 Å². The molecule has 1 amide bonds. The van der Waals surface area contributed by atoms with Gasteiger partial charge in [-0.25, -0.2) is 0 Å². The van der Waals surface area contributed by atoms with Crippen LogP contribution in [0.5, 0.6) is 0 Å². The van der Waals surface area contributed by atoms with Crippen molar-refractivity contribution in [2.45, 2.75) is 39.3 Å². The molecule has 1 aliphatic heterocycles. The van der Waals surface area contributed by atoms with Gasteiger partial charge in [-0.1, -0.05) is 13.8 Å². The monoisotopic (exact) mass is 223 g/mol. The summed E-state index contributed by atoms with van der Waals surface area (Å²) < 4.78 is 0. The molecule has 0 aromatic carbocycles. The average Bonchev–Trinajstić information content (AvgIpc) is 2.20. The lowest BCUT2D eigenvalue weighted by Gasteiger charge is -2.42. The minimum Gasteiger partial charge on any atom is -0.339 e. The number of carbonyl (C=O) groups is 1. The highest BCUT2D eigenvalue weighted by molar-refractivity contribution is 5.83. The van der Waals surface area contributed by atoms with Crippen LogP contribution in [0.15, 0.2) is 0 Å². The molecule has 2 unspecified atom stereocenters. The predicted molar refractivity (Wildman–Crippen MR) is 62.7 cm³/mol. The molecule has 1 aliphatic rings. The summed E-state index contributed by atoms with van der Waals surface area (Å²) in [6.45, 7) is 7.88. The van der Waals surface area contributed by atoms with E-state index in [1.54, 1.807) is 0 Å². The van der Waals surface area contributed by atoms with Crippen LogP contribution < -0.4 is 0 Å². The van der Waals surface area contributed by atoms with Crippen molar-refractivity contribution in [2.75, 3.05) is 20.1 Å². The third-order valence-corrected chi connectivity index (χ3v) is 3.14. The van der Waals surface area contributed by atoms with E-state index >= 15 is 0 Å². The highest BCUT2D eigenvalue weighted by atomic mass is 16.2. The number of amides is 1. The minimum absolute atomic E-state index is 0.107. The van der Waals surface area contributed by atoms with Crippen molar-refractivity contribution in [2.24, 2.45) is 5.92 Å². The second-order valence-corrected chi connectivity index (χ2v) is 5.03. The predicted octanol–water partition coefficient (Wildman–Crippen LogP) is 1.09. The van der Waals surface area contributed by atoms with Crippen LogP contribution in [-0.4, -0.2) is 47.9 Å². The van der Waals surface area contributed by atoms with Gasteiger partial charge in [0.05, 0.1) is 12.5 Å². The third kappa shape index (κ3) is 2.73. The second-order valence-electron chi connectivity index (χ2n) is 5.03. The molecule has 1 fully saturated rings. The van der Waals surface area contributed by atoms with E-state index in [-0.39, 0.29) is 18.4 Å². The van der Waals surface area contributed by atoms with Crippen molar-refractivity contribution >= 4 is 5.91 Å². The van der Waals surface area contributed by atoms with E-state index in [1.807, 2.05) is 16.8 Å². The Morgan fingerprint density at radius 1 is 1.56 bits per heavy atom. The number of likely N-dealkylation sites (N-methyl/N-ethyl adjacent to an activating group) is 1. The van der Waals surface area contributed by atoms with Gasteiger partial charge in [0.15, 0.2) is 0 Å². The zero-order valence-electron chi connectivity index (χ0n) is 10.6. The van der Waals surface area contributed by atoms with E-state index in [9.17, 15) is 4.79 Å². The number of nitriles is 1. The molecule has 0 aliphatic carbocycles. The first-order valence-electron chi connectivity index (χ1n) is 5.85. The Balaban J connectivity index is 2.77. The molecule has 0 spiro atoms. The maximum absolute atomic E-state index is 12.1. The molecule has 2 atom stereocenters. The van der Waals surface area contributed by atoms with E-state index in [4.69, 9.17) is 5.26 Å². The summed E-state index contributed by atoms with van der Waals surface area (Å²) in [4.78, 5) is 16.1. The molecule has 1 saturated heterocycles. The first-order valence-corrected chi connectivity index (χ1v) is 5.85. The van der Waals surface area contributed by atoms with Crippen LogP contribution >= 0.6 is 0 Å². The molecule has 4 heteroatoms. The molecular formula is C12H21N3O. The lowest BCUT2D eigenvalue weighted by molar-refractivity contribution is -0.143. The number of hydrogen-bond donors (Lipinski definition) is 0. The number of rotatable bonds is 3. The Bertz CT molecular complexity index is 295. The molecule has 90 valence electrons. The Hall–Kier alpha value is -1.08. The summed E-state index contributed by atoms with van der Waals surface area (Å²) in [6, 6.07) is 2.18. The van der Waals surface area contributed by atoms with E-state index in [0.717, 1.165) is 13.1 Å². The van der Waals surface area contributed by atoms with Crippen molar-refractivity contribution in [1.82, 2.24) is 9.80 Å². The van der Waals surface area contributed by atoms with E-state index in [1.165, 1.54) is 0 Å². The lowest BCUT2D eigenvalue weighted by atomic mass is 10.0. The smallest absolute Gasteiger partial charge is 0.241 e. The molecule has 1 rings (SSSR count). The standard InChI is InChI=1S/C12H21N3O/c1-9(2)7-15-8-10(3)14(4)11(5-6-13)12(15)16/h9-11H,5,7-8H2,1-4H3. The Kier molecular flexibility index (Phi) is 4.31. The highest BCUT2D eigenvalue weighted by Crippen LogP contribution is 2.18. The minimum atomic E-state index is -0.257. The van der Waals surface area contributed by atoms with Gasteiger partial charge < -0.3 is 4.90 Å². The van der Waals surface area contributed by atoms with Gasteiger partial charge in [-0.3, -0.25) is 9.69 Å². The summed E-state index contributed by atoms with van der Waals surface area (Å²) in [7, 11) is 1.93. The van der Waals surface area contributed by atoms with E-state index in [2.05, 4.69) is 26.8 Å². The quantitative estimate of drug-likeness (QED) is 0.719. The number of piperazine rings is 1. The molecule has 0 radical (unpaired) electrons. The molecule has 0 N–H and O–H groups in total. The van der Waals surface area contributed by atoms with Gasteiger partial charge >= 0.3 is 0 Å². The summed E-state index contributed by atoms with van der Waals surface area (Å²) >= 11 is 0. The van der Waals surface area contributed by atoms with Crippen LogP contribution in [0.25, 0.3) is 0 Å². The Morgan fingerprint density at radius 3 is 2.69 bits per heavy atom. The van der Waals surface area contributed by atoms with Gasteiger partial charge in [-0.05, 0) is 19.9 Å².